The highest BCUT2D eigenvalue weighted by Crippen LogP contribution is 2.35. The highest BCUT2D eigenvalue weighted by molar-refractivity contribution is 6.31. The van der Waals surface area contributed by atoms with E-state index in [0.29, 0.717) is 29.5 Å². The summed E-state index contributed by atoms with van der Waals surface area (Å²) in [5.41, 5.74) is 6.03. The van der Waals surface area contributed by atoms with Crippen LogP contribution in [0, 0.1) is 5.92 Å². The number of benzene rings is 1. The third-order valence-electron chi connectivity index (χ3n) is 5.06. The van der Waals surface area contributed by atoms with Crippen molar-refractivity contribution in [2.45, 2.75) is 38.6 Å². The molecule has 0 bridgehead atoms. The molecule has 1 saturated heterocycles. The molecular weight excluding hydrogens is 342 g/mol. The summed E-state index contributed by atoms with van der Waals surface area (Å²) in [4.78, 5) is 26.7. The van der Waals surface area contributed by atoms with Gasteiger partial charge in [-0.2, -0.15) is 0 Å². The summed E-state index contributed by atoms with van der Waals surface area (Å²) in [7, 11) is 1.54. The summed E-state index contributed by atoms with van der Waals surface area (Å²) in [6, 6.07) is 5.10. The van der Waals surface area contributed by atoms with Crippen LogP contribution >= 0.6 is 11.6 Å². The molecule has 1 atom stereocenters. The summed E-state index contributed by atoms with van der Waals surface area (Å²) in [6.07, 6.45) is 1.66. The lowest BCUT2D eigenvalue weighted by atomic mass is 9.91. The smallest absolute Gasteiger partial charge is 0.227 e. The lowest BCUT2D eigenvalue weighted by Gasteiger charge is -2.32. The minimum Gasteiger partial charge on any atom is -0.495 e. The topological polar surface area (TPSA) is 84.7 Å². The maximum Gasteiger partial charge on any atom is 0.227 e. The van der Waals surface area contributed by atoms with E-state index in [1.54, 1.807) is 23.1 Å². The molecule has 1 heterocycles. The van der Waals surface area contributed by atoms with Gasteiger partial charge in [0.25, 0.3) is 0 Å². The average Bonchev–Trinajstić information content (AvgIpc) is 3.01. The predicted octanol–water partition coefficient (Wildman–Crippen LogP) is 2.34. The second kappa shape index (κ2) is 8.06. The van der Waals surface area contributed by atoms with Crippen LogP contribution in [0.25, 0.3) is 0 Å². The van der Waals surface area contributed by atoms with Gasteiger partial charge in [0.1, 0.15) is 5.75 Å². The minimum atomic E-state index is -0.416. The largest absolute Gasteiger partial charge is 0.495 e. The first kappa shape index (κ1) is 19.5. The zero-order valence-corrected chi connectivity index (χ0v) is 15.7. The number of carbonyl (C=O) groups excluding carboxylic acids is 2. The zero-order chi connectivity index (χ0) is 18.6. The molecule has 1 aliphatic heterocycles. The zero-order valence-electron chi connectivity index (χ0n) is 15.0. The third-order valence-corrected chi connectivity index (χ3v) is 5.30. The maximum atomic E-state index is 12.7. The molecule has 25 heavy (non-hydrogen) atoms. The van der Waals surface area contributed by atoms with Crippen LogP contribution in [-0.2, 0) is 9.59 Å². The second-order valence-corrected chi connectivity index (χ2v) is 6.84. The highest BCUT2D eigenvalue weighted by atomic mass is 35.5. The Morgan fingerprint density at radius 3 is 2.68 bits per heavy atom. The summed E-state index contributed by atoms with van der Waals surface area (Å²) < 4.78 is 5.32. The number of hydrogen-bond donors (Lipinski definition) is 2. The first-order valence-corrected chi connectivity index (χ1v) is 8.93. The number of nitrogens with two attached hydrogens (primary N) is 1. The number of hydrogen-bond acceptors (Lipinski definition) is 4. The van der Waals surface area contributed by atoms with Crippen LogP contribution in [-0.4, -0.2) is 37.6 Å². The van der Waals surface area contributed by atoms with Crippen molar-refractivity contribution in [1.29, 1.82) is 0 Å². The molecule has 138 valence electrons. The summed E-state index contributed by atoms with van der Waals surface area (Å²) in [5.74, 6) is -0.115. The SMILES string of the molecule is CCC(CC)(CN)NC(=O)C1CC(=O)N(c2cc(Cl)ccc2OC)C1. The lowest BCUT2D eigenvalue weighted by molar-refractivity contribution is -0.128. The Bertz CT molecular complexity index is 638. The quantitative estimate of drug-likeness (QED) is 0.774. The lowest BCUT2D eigenvalue weighted by Crippen LogP contribution is -2.54. The van der Waals surface area contributed by atoms with Crippen molar-refractivity contribution in [3.05, 3.63) is 23.2 Å². The first-order valence-electron chi connectivity index (χ1n) is 8.55. The molecule has 2 rings (SSSR count). The van der Waals surface area contributed by atoms with Crippen molar-refractivity contribution in [2.24, 2.45) is 11.7 Å². The van der Waals surface area contributed by atoms with Gasteiger partial charge in [0.05, 0.1) is 24.3 Å². The van der Waals surface area contributed by atoms with Crippen molar-refractivity contribution in [3.8, 4) is 5.75 Å². The van der Waals surface area contributed by atoms with E-state index in [4.69, 9.17) is 22.1 Å². The number of nitrogens with one attached hydrogen (secondary N) is 1. The number of halogens is 1. The molecule has 6 nitrogen and oxygen atoms in total. The van der Waals surface area contributed by atoms with Crippen molar-refractivity contribution in [3.63, 3.8) is 0 Å². The Morgan fingerprint density at radius 1 is 1.44 bits per heavy atom. The number of ether oxygens (including phenoxy) is 1. The van der Waals surface area contributed by atoms with E-state index in [-0.39, 0.29) is 18.2 Å². The van der Waals surface area contributed by atoms with E-state index in [1.165, 1.54) is 7.11 Å². The number of methoxy groups -OCH3 is 1. The first-order chi connectivity index (χ1) is 11.9. The van der Waals surface area contributed by atoms with Gasteiger partial charge in [0.2, 0.25) is 11.8 Å². The molecule has 0 radical (unpaired) electrons. The van der Waals surface area contributed by atoms with Gasteiger partial charge < -0.3 is 20.7 Å². The van der Waals surface area contributed by atoms with Crippen LogP contribution in [0.5, 0.6) is 5.75 Å². The molecule has 0 saturated carbocycles. The number of carbonyl (C=O) groups is 2. The van der Waals surface area contributed by atoms with Crippen molar-refractivity contribution < 1.29 is 14.3 Å². The van der Waals surface area contributed by atoms with E-state index in [9.17, 15) is 9.59 Å². The van der Waals surface area contributed by atoms with E-state index in [1.807, 2.05) is 13.8 Å². The van der Waals surface area contributed by atoms with Crippen LogP contribution in [0.1, 0.15) is 33.1 Å². The van der Waals surface area contributed by atoms with Crippen LogP contribution in [0.15, 0.2) is 18.2 Å². The molecule has 1 fully saturated rings. The van der Waals surface area contributed by atoms with Crippen LogP contribution in [0.2, 0.25) is 5.02 Å². The molecule has 1 aromatic rings. The van der Waals surface area contributed by atoms with Gasteiger partial charge in [-0.15, -0.1) is 0 Å². The Labute approximate surface area is 153 Å². The van der Waals surface area contributed by atoms with Crippen LogP contribution in [0.3, 0.4) is 0 Å². The Balaban J connectivity index is 2.17. The predicted molar refractivity (Wildman–Crippen MR) is 99.0 cm³/mol. The average molecular weight is 368 g/mol. The van der Waals surface area contributed by atoms with E-state index in [0.717, 1.165) is 12.8 Å². The Morgan fingerprint density at radius 2 is 2.12 bits per heavy atom. The van der Waals surface area contributed by atoms with Gasteiger partial charge in [0.15, 0.2) is 0 Å². The molecule has 0 aliphatic carbocycles. The number of anilines is 1. The van der Waals surface area contributed by atoms with Crippen molar-refractivity contribution >= 4 is 29.1 Å². The highest BCUT2D eigenvalue weighted by Gasteiger charge is 2.38. The van der Waals surface area contributed by atoms with E-state index < -0.39 is 11.5 Å². The minimum absolute atomic E-state index is 0.118. The number of amides is 2. The van der Waals surface area contributed by atoms with Gasteiger partial charge in [-0.25, -0.2) is 0 Å². The summed E-state index contributed by atoms with van der Waals surface area (Å²) >= 11 is 6.06. The van der Waals surface area contributed by atoms with Gasteiger partial charge in [-0.3, -0.25) is 9.59 Å². The molecule has 0 aromatic heterocycles. The molecule has 0 spiro atoms. The van der Waals surface area contributed by atoms with E-state index >= 15 is 0 Å². The fourth-order valence-corrected chi connectivity index (χ4v) is 3.29. The number of nitrogens with zero attached hydrogens (tertiary/aromatic N) is 1. The van der Waals surface area contributed by atoms with Gasteiger partial charge >= 0.3 is 0 Å². The fraction of sp³-hybridized carbons (Fsp3) is 0.556. The van der Waals surface area contributed by atoms with Crippen molar-refractivity contribution in [1.82, 2.24) is 5.32 Å². The van der Waals surface area contributed by atoms with Crippen LogP contribution < -0.4 is 20.7 Å². The third kappa shape index (κ3) is 4.07. The van der Waals surface area contributed by atoms with Crippen molar-refractivity contribution in [2.75, 3.05) is 25.1 Å². The van der Waals surface area contributed by atoms with Gasteiger partial charge in [-0.1, -0.05) is 25.4 Å². The summed E-state index contributed by atoms with van der Waals surface area (Å²) in [5, 5.41) is 3.56. The molecule has 2 amide bonds. The van der Waals surface area contributed by atoms with E-state index in [2.05, 4.69) is 5.32 Å². The monoisotopic (exact) mass is 367 g/mol. The molecule has 1 aliphatic rings. The van der Waals surface area contributed by atoms with Gasteiger partial charge in [0, 0.05) is 24.5 Å². The van der Waals surface area contributed by atoms with Crippen LogP contribution in [0.4, 0.5) is 5.69 Å². The molecule has 1 aromatic carbocycles. The number of rotatable bonds is 7. The Kier molecular flexibility index (Phi) is 6.30. The Hall–Kier alpha value is -1.79. The molecule has 7 heteroatoms. The molecule has 1 unspecified atom stereocenters. The summed E-state index contributed by atoms with van der Waals surface area (Å²) in [6.45, 7) is 4.67. The van der Waals surface area contributed by atoms with Gasteiger partial charge in [-0.05, 0) is 31.0 Å². The molecular formula is C18H26ClN3O3. The standard InChI is InChI=1S/C18H26ClN3O3/c1-4-18(5-2,11-20)21-17(24)12-8-16(23)22(10-12)14-9-13(19)6-7-15(14)25-3/h6-7,9,12H,4-5,8,10-11,20H2,1-3H3,(H,21,24). The second-order valence-electron chi connectivity index (χ2n) is 6.40. The normalized spacial score (nSPS) is 17.7. The molecule has 3 N–H and O–H groups in total. The maximum absolute atomic E-state index is 12.7. The fourth-order valence-electron chi connectivity index (χ4n) is 3.12.